The number of para-hydroxylation sites is 2. The monoisotopic (exact) mass is 243 g/mol. The van der Waals surface area contributed by atoms with Crippen LogP contribution in [0.1, 0.15) is 18.5 Å². The molecule has 1 aliphatic rings. The molecule has 0 bridgehead atoms. The average Bonchev–Trinajstić information content (AvgIpc) is 2.38. The van der Waals surface area contributed by atoms with Gasteiger partial charge in [-0.3, -0.25) is 0 Å². The van der Waals surface area contributed by atoms with Gasteiger partial charge in [-0.1, -0.05) is 12.1 Å². The molecule has 94 valence electrons. The first-order chi connectivity index (χ1) is 8.74. The van der Waals surface area contributed by atoms with E-state index in [1.165, 1.54) is 0 Å². The Hall–Kier alpha value is -1.68. The van der Waals surface area contributed by atoms with Crippen LogP contribution in [0.4, 0.5) is 5.82 Å². The third-order valence-corrected chi connectivity index (χ3v) is 3.42. The number of β-amino-alcohol motifs (C(OH)–C–C–N with tert-alkyl or cyclic N) is 1. The first-order valence-corrected chi connectivity index (χ1v) is 6.40. The largest absolute Gasteiger partial charge is 0.391 e. The van der Waals surface area contributed by atoms with Gasteiger partial charge in [0.05, 0.1) is 22.8 Å². The summed E-state index contributed by atoms with van der Waals surface area (Å²) < 4.78 is 0. The molecule has 2 heterocycles. The van der Waals surface area contributed by atoms with Gasteiger partial charge in [-0.15, -0.1) is 0 Å². The van der Waals surface area contributed by atoms with E-state index in [9.17, 15) is 5.11 Å². The maximum atomic E-state index is 9.76. The first-order valence-electron chi connectivity index (χ1n) is 6.40. The Balaban J connectivity index is 2.02. The van der Waals surface area contributed by atoms with Gasteiger partial charge in [0.25, 0.3) is 0 Å². The fourth-order valence-corrected chi connectivity index (χ4v) is 2.53. The fraction of sp³-hybridized carbons (Fsp3) is 0.429. The number of aliphatic hydroxyl groups is 1. The zero-order valence-corrected chi connectivity index (χ0v) is 10.5. The van der Waals surface area contributed by atoms with E-state index in [4.69, 9.17) is 0 Å². The van der Waals surface area contributed by atoms with E-state index in [1.807, 2.05) is 31.2 Å². The number of hydrogen-bond donors (Lipinski definition) is 1. The molecule has 0 saturated carbocycles. The van der Waals surface area contributed by atoms with Crippen molar-refractivity contribution >= 4 is 16.9 Å². The molecule has 1 aromatic heterocycles. The van der Waals surface area contributed by atoms with E-state index in [-0.39, 0.29) is 6.10 Å². The van der Waals surface area contributed by atoms with Crippen LogP contribution < -0.4 is 4.90 Å². The van der Waals surface area contributed by atoms with Crippen LogP contribution in [0.15, 0.2) is 24.3 Å². The summed E-state index contributed by atoms with van der Waals surface area (Å²) >= 11 is 0. The summed E-state index contributed by atoms with van der Waals surface area (Å²) in [7, 11) is 0. The molecule has 0 aliphatic carbocycles. The first kappa shape index (κ1) is 11.4. The Morgan fingerprint density at radius 3 is 2.67 bits per heavy atom. The molecule has 1 fully saturated rings. The summed E-state index contributed by atoms with van der Waals surface area (Å²) in [6.07, 6.45) is 1.65. The van der Waals surface area contributed by atoms with Crippen LogP contribution in [0, 0.1) is 6.92 Å². The lowest BCUT2D eigenvalue weighted by atomic mass is 10.1. The summed E-state index contributed by atoms with van der Waals surface area (Å²) in [5, 5.41) is 9.76. The molecule has 18 heavy (non-hydrogen) atoms. The molecule has 2 aromatic rings. The van der Waals surface area contributed by atoms with Crippen LogP contribution in [-0.4, -0.2) is 34.3 Å². The van der Waals surface area contributed by atoms with Crippen molar-refractivity contribution in [2.24, 2.45) is 0 Å². The second-order valence-electron chi connectivity index (χ2n) is 4.86. The normalized spacial score (nSPS) is 20.3. The molecule has 3 rings (SSSR count). The number of aliphatic hydroxyl groups excluding tert-OH is 1. The maximum Gasteiger partial charge on any atom is 0.150 e. The fourth-order valence-electron chi connectivity index (χ4n) is 2.53. The smallest absolute Gasteiger partial charge is 0.150 e. The van der Waals surface area contributed by atoms with Crippen LogP contribution in [0.5, 0.6) is 0 Å². The average molecular weight is 243 g/mol. The highest BCUT2D eigenvalue weighted by Gasteiger charge is 2.21. The van der Waals surface area contributed by atoms with E-state index in [0.717, 1.165) is 41.9 Å². The molecule has 1 aromatic carbocycles. The standard InChI is InChI=1S/C14H17N3O/c1-10-14(17-8-4-5-11(18)9-17)16-13-7-3-2-6-12(13)15-10/h2-3,6-7,11,18H,4-5,8-9H2,1H3/t11-/m0/s1. The van der Waals surface area contributed by atoms with Crippen molar-refractivity contribution in [2.75, 3.05) is 18.0 Å². The topological polar surface area (TPSA) is 49.2 Å². The van der Waals surface area contributed by atoms with Gasteiger partial charge in [-0.05, 0) is 31.9 Å². The van der Waals surface area contributed by atoms with E-state index in [2.05, 4.69) is 14.9 Å². The molecule has 0 spiro atoms. The van der Waals surface area contributed by atoms with Crippen LogP contribution in [0.3, 0.4) is 0 Å². The maximum absolute atomic E-state index is 9.76. The van der Waals surface area contributed by atoms with E-state index in [1.54, 1.807) is 0 Å². The Morgan fingerprint density at radius 2 is 1.94 bits per heavy atom. The number of hydrogen-bond acceptors (Lipinski definition) is 4. The number of rotatable bonds is 1. The van der Waals surface area contributed by atoms with Gasteiger partial charge in [-0.2, -0.15) is 0 Å². The zero-order valence-electron chi connectivity index (χ0n) is 10.5. The van der Waals surface area contributed by atoms with Crippen molar-refractivity contribution in [3.8, 4) is 0 Å². The van der Waals surface area contributed by atoms with Crippen molar-refractivity contribution in [3.63, 3.8) is 0 Å². The Bertz CT molecular complexity index is 570. The number of nitrogens with zero attached hydrogens (tertiary/aromatic N) is 3. The third-order valence-electron chi connectivity index (χ3n) is 3.42. The summed E-state index contributed by atoms with van der Waals surface area (Å²) in [6, 6.07) is 7.90. The van der Waals surface area contributed by atoms with Crippen molar-refractivity contribution in [3.05, 3.63) is 30.0 Å². The predicted molar refractivity (Wildman–Crippen MR) is 71.7 cm³/mol. The summed E-state index contributed by atoms with van der Waals surface area (Å²) in [4.78, 5) is 11.4. The van der Waals surface area contributed by atoms with Gasteiger partial charge in [0.1, 0.15) is 0 Å². The highest BCUT2D eigenvalue weighted by molar-refractivity contribution is 5.76. The van der Waals surface area contributed by atoms with Crippen molar-refractivity contribution in [1.82, 2.24) is 9.97 Å². The van der Waals surface area contributed by atoms with Crippen molar-refractivity contribution in [2.45, 2.75) is 25.9 Å². The van der Waals surface area contributed by atoms with E-state index >= 15 is 0 Å². The minimum atomic E-state index is -0.244. The Labute approximate surface area is 106 Å². The summed E-state index contributed by atoms with van der Waals surface area (Å²) in [6.45, 7) is 3.59. The highest BCUT2D eigenvalue weighted by atomic mass is 16.3. The molecular formula is C14H17N3O. The SMILES string of the molecule is Cc1nc2ccccc2nc1N1CCC[C@H](O)C1. The minimum absolute atomic E-state index is 0.244. The lowest BCUT2D eigenvalue weighted by molar-refractivity contribution is 0.154. The van der Waals surface area contributed by atoms with Crippen molar-refractivity contribution in [1.29, 1.82) is 0 Å². The lowest BCUT2D eigenvalue weighted by Gasteiger charge is -2.31. The van der Waals surface area contributed by atoms with Gasteiger partial charge in [-0.25, -0.2) is 9.97 Å². The summed E-state index contributed by atoms with van der Waals surface area (Å²) in [5.74, 6) is 0.910. The molecule has 1 aliphatic heterocycles. The van der Waals surface area contributed by atoms with Gasteiger partial charge in [0.2, 0.25) is 0 Å². The molecular weight excluding hydrogens is 226 g/mol. The van der Waals surface area contributed by atoms with E-state index in [0.29, 0.717) is 6.54 Å². The predicted octanol–water partition coefficient (Wildman–Crippen LogP) is 1.90. The highest BCUT2D eigenvalue weighted by Crippen LogP contribution is 2.23. The van der Waals surface area contributed by atoms with Crippen LogP contribution in [0.2, 0.25) is 0 Å². The van der Waals surface area contributed by atoms with E-state index < -0.39 is 0 Å². The van der Waals surface area contributed by atoms with Gasteiger partial charge < -0.3 is 10.0 Å². The zero-order chi connectivity index (χ0) is 12.5. The third kappa shape index (κ3) is 2.04. The van der Waals surface area contributed by atoms with Gasteiger partial charge >= 0.3 is 0 Å². The molecule has 0 unspecified atom stereocenters. The quantitative estimate of drug-likeness (QED) is 0.831. The molecule has 4 nitrogen and oxygen atoms in total. The number of piperidine rings is 1. The Kier molecular flexibility index (Phi) is 2.88. The van der Waals surface area contributed by atoms with Crippen LogP contribution in [-0.2, 0) is 0 Å². The number of anilines is 1. The van der Waals surface area contributed by atoms with Gasteiger partial charge in [0.15, 0.2) is 5.82 Å². The van der Waals surface area contributed by atoms with Crippen LogP contribution >= 0.6 is 0 Å². The number of aromatic nitrogens is 2. The number of fused-ring (bicyclic) bond motifs is 1. The lowest BCUT2D eigenvalue weighted by Crippen LogP contribution is -2.39. The van der Waals surface area contributed by atoms with Crippen molar-refractivity contribution < 1.29 is 5.11 Å². The molecule has 0 radical (unpaired) electrons. The second kappa shape index (κ2) is 4.53. The summed E-state index contributed by atoms with van der Waals surface area (Å²) in [5.41, 5.74) is 2.78. The molecule has 1 N–H and O–H groups in total. The second-order valence-corrected chi connectivity index (χ2v) is 4.86. The van der Waals surface area contributed by atoms with Crippen LogP contribution in [0.25, 0.3) is 11.0 Å². The minimum Gasteiger partial charge on any atom is -0.391 e. The number of aryl methyl sites for hydroxylation is 1. The number of benzene rings is 1. The Morgan fingerprint density at radius 1 is 1.22 bits per heavy atom. The molecule has 1 atom stereocenters. The van der Waals surface area contributed by atoms with Gasteiger partial charge in [0, 0.05) is 13.1 Å². The molecule has 0 amide bonds. The molecule has 1 saturated heterocycles. The molecule has 4 heteroatoms.